The molecule has 3 aromatic rings. The van der Waals surface area contributed by atoms with Crippen LogP contribution in [0.3, 0.4) is 0 Å². The molecule has 1 aliphatic heterocycles. The van der Waals surface area contributed by atoms with Crippen molar-refractivity contribution in [1.82, 2.24) is 30.3 Å². The Morgan fingerprint density at radius 1 is 1.32 bits per heavy atom. The van der Waals surface area contributed by atoms with Crippen LogP contribution in [-0.4, -0.2) is 44.0 Å². The number of ether oxygens (including phenoxy) is 1. The van der Waals surface area contributed by atoms with E-state index >= 15 is 0 Å². The van der Waals surface area contributed by atoms with Crippen LogP contribution >= 0.6 is 24.8 Å². The second-order valence-corrected chi connectivity index (χ2v) is 5.95. The lowest BCUT2D eigenvalue weighted by atomic mass is 10.1. The highest BCUT2D eigenvalue weighted by molar-refractivity contribution is 6.04. The van der Waals surface area contributed by atoms with Crippen LogP contribution in [0, 0.1) is 0 Å². The van der Waals surface area contributed by atoms with Crippen molar-refractivity contribution in [3.63, 3.8) is 0 Å². The number of nitrogens with zero attached hydrogens (tertiary/aromatic N) is 4. The number of amides is 1. The fourth-order valence-corrected chi connectivity index (χ4v) is 2.87. The van der Waals surface area contributed by atoms with Crippen LogP contribution in [0.15, 0.2) is 36.9 Å². The van der Waals surface area contributed by atoms with E-state index in [9.17, 15) is 4.79 Å². The van der Waals surface area contributed by atoms with Gasteiger partial charge in [-0.2, -0.15) is 10.2 Å². The van der Waals surface area contributed by atoms with Crippen LogP contribution in [0.1, 0.15) is 21.7 Å². The lowest BCUT2D eigenvalue weighted by Crippen LogP contribution is -2.25. The van der Waals surface area contributed by atoms with Gasteiger partial charge in [0.1, 0.15) is 25.0 Å². The summed E-state index contributed by atoms with van der Waals surface area (Å²) < 4.78 is 7.41. The standard InChI is InChI=1S/C17H19N7O2.2ClH/c25-17(16-14-9-18-5-4-15(14)22-23-16)21-12-2-1-3-13(8-12)26-7-6-24-11-19-10-20-24;;/h1-3,8,10-11,18H,4-7,9H2,(H,21,25)(H,22,23);2*1H. The summed E-state index contributed by atoms with van der Waals surface area (Å²) in [5, 5.41) is 17.3. The maximum atomic E-state index is 12.5. The van der Waals surface area contributed by atoms with Gasteiger partial charge in [0.05, 0.1) is 6.54 Å². The molecule has 0 atom stereocenters. The minimum atomic E-state index is -0.231. The van der Waals surface area contributed by atoms with Crippen molar-refractivity contribution in [1.29, 1.82) is 0 Å². The molecule has 0 fully saturated rings. The molecule has 9 nitrogen and oxygen atoms in total. The maximum absolute atomic E-state index is 12.5. The quantitative estimate of drug-likeness (QED) is 0.555. The molecule has 3 heterocycles. The zero-order valence-corrected chi connectivity index (χ0v) is 16.6. The molecule has 0 saturated carbocycles. The molecule has 11 heteroatoms. The average molecular weight is 426 g/mol. The topological polar surface area (TPSA) is 110 Å². The highest BCUT2D eigenvalue weighted by Crippen LogP contribution is 2.20. The predicted octanol–water partition coefficient (Wildman–Crippen LogP) is 1.82. The van der Waals surface area contributed by atoms with Crippen LogP contribution in [0.4, 0.5) is 5.69 Å². The van der Waals surface area contributed by atoms with Crippen LogP contribution in [0.2, 0.25) is 0 Å². The summed E-state index contributed by atoms with van der Waals surface area (Å²) >= 11 is 0. The van der Waals surface area contributed by atoms with Gasteiger partial charge in [-0.3, -0.25) is 9.89 Å². The number of benzene rings is 1. The van der Waals surface area contributed by atoms with E-state index in [-0.39, 0.29) is 30.7 Å². The van der Waals surface area contributed by atoms with E-state index in [4.69, 9.17) is 4.74 Å². The van der Waals surface area contributed by atoms with E-state index in [0.29, 0.717) is 36.8 Å². The lowest BCUT2D eigenvalue weighted by molar-refractivity contribution is 0.102. The smallest absolute Gasteiger partial charge is 0.276 e. The highest BCUT2D eigenvalue weighted by Gasteiger charge is 2.21. The number of halogens is 2. The van der Waals surface area contributed by atoms with Crippen molar-refractivity contribution in [3.8, 4) is 5.75 Å². The van der Waals surface area contributed by atoms with Crippen molar-refractivity contribution < 1.29 is 9.53 Å². The molecule has 0 spiro atoms. The van der Waals surface area contributed by atoms with Gasteiger partial charge in [-0.15, -0.1) is 24.8 Å². The summed E-state index contributed by atoms with van der Waals surface area (Å²) in [5.74, 6) is 0.444. The summed E-state index contributed by atoms with van der Waals surface area (Å²) in [7, 11) is 0. The summed E-state index contributed by atoms with van der Waals surface area (Å²) in [6, 6.07) is 7.29. The van der Waals surface area contributed by atoms with Crippen molar-refractivity contribution >= 4 is 36.4 Å². The Balaban J connectivity index is 0.00000140. The Kier molecular flexibility index (Phi) is 7.80. The lowest BCUT2D eigenvalue weighted by Gasteiger charge is -2.13. The van der Waals surface area contributed by atoms with E-state index in [2.05, 4.69) is 30.9 Å². The number of aromatic amines is 1. The molecule has 1 amide bonds. The maximum Gasteiger partial charge on any atom is 0.276 e. The van der Waals surface area contributed by atoms with Crippen LogP contribution in [0.25, 0.3) is 0 Å². The van der Waals surface area contributed by atoms with Crippen LogP contribution in [-0.2, 0) is 19.5 Å². The second kappa shape index (κ2) is 10.1. The second-order valence-electron chi connectivity index (χ2n) is 5.95. The van der Waals surface area contributed by atoms with Gasteiger partial charge in [-0.05, 0) is 12.1 Å². The Morgan fingerprint density at radius 3 is 3.04 bits per heavy atom. The zero-order chi connectivity index (χ0) is 17.8. The first-order valence-corrected chi connectivity index (χ1v) is 8.43. The molecule has 2 aromatic heterocycles. The number of nitrogens with one attached hydrogen (secondary N) is 3. The number of anilines is 1. The average Bonchev–Trinajstić information content (AvgIpc) is 3.31. The Hall–Kier alpha value is -2.62. The van der Waals surface area contributed by atoms with E-state index in [1.54, 1.807) is 17.1 Å². The molecular formula is C17H21Cl2N7O2. The third kappa shape index (κ3) is 5.00. The van der Waals surface area contributed by atoms with Gasteiger partial charge in [0.15, 0.2) is 5.69 Å². The number of fused-ring (bicyclic) bond motifs is 1. The largest absolute Gasteiger partial charge is 0.492 e. The monoisotopic (exact) mass is 425 g/mol. The highest BCUT2D eigenvalue weighted by atomic mass is 35.5. The molecular weight excluding hydrogens is 405 g/mol. The predicted molar refractivity (Wildman–Crippen MR) is 108 cm³/mol. The normalized spacial score (nSPS) is 12.3. The fraction of sp³-hybridized carbons (Fsp3) is 0.294. The van der Waals surface area contributed by atoms with Gasteiger partial charge in [0.2, 0.25) is 0 Å². The SMILES string of the molecule is Cl.Cl.O=C(Nc1cccc(OCCn2cncn2)c1)c1n[nH]c2c1CNCC2. The number of carbonyl (C=O) groups excluding carboxylic acids is 1. The molecule has 28 heavy (non-hydrogen) atoms. The Morgan fingerprint density at radius 2 is 2.21 bits per heavy atom. The molecule has 0 radical (unpaired) electrons. The van der Waals surface area contributed by atoms with Crippen molar-refractivity contribution in [2.45, 2.75) is 19.5 Å². The van der Waals surface area contributed by atoms with Gasteiger partial charge in [0, 0.05) is 42.5 Å². The fourth-order valence-electron chi connectivity index (χ4n) is 2.87. The van der Waals surface area contributed by atoms with Gasteiger partial charge < -0.3 is 15.4 Å². The summed E-state index contributed by atoms with van der Waals surface area (Å²) in [4.78, 5) is 16.4. The number of H-pyrrole nitrogens is 1. The van der Waals surface area contributed by atoms with E-state index in [0.717, 1.165) is 24.2 Å². The first-order chi connectivity index (χ1) is 12.8. The molecule has 0 saturated heterocycles. The molecule has 1 aromatic carbocycles. The van der Waals surface area contributed by atoms with E-state index in [1.165, 1.54) is 6.33 Å². The number of rotatable bonds is 6. The minimum Gasteiger partial charge on any atom is -0.492 e. The summed E-state index contributed by atoms with van der Waals surface area (Å²) in [6.07, 6.45) is 3.98. The first-order valence-electron chi connectivity index (χ1n) is 8.43. The molecule has 3 N–H and O–H groups in total. The number of hydrogen-bond donors (Lipinski definition) is 3. The van der Waals surface area contributed by atoms with E-state index in [1.807, 2.05) is 18.2 Å². The molecule has 0 unspecified atom stereocenters. The van der Waals surface area contributed by atoms with Gasteiger partial charge in [0.25, 0.3) is 5.91 Å². The third-order valence-corrected chi connectivity index (χ3v) is 4.17. The van der Waals surface area contributed by atoms with E-state index < -0.39 is 0 Å². The van der Waals surface area contributed by atoms with Gasteiger partial charge in [-0.1, -0.05) is 6.07 Å². The first kappa shape index (κ1) is 21.7. The Bertz CT molecular complexity index is 899. The summed E-state index contributed by atoms with van der Waals surface area (Å²) in [5.41, 5.74) is 3.06. The third-order valence-electron chi connectivity index (χ3n) is 4.17. The van der Waals surface area contributed by atoms with Crippen LogP contribution in [0.5, 0.6) is 5.75 Å². The number of aromatic nitrogens is 5. The molecule has 0 bridgehead atoms. The number of carbonyl (C=O) groups is 1. The minimum absolute atomic E-state index is 0. The molecule has 150 valence electrons. The molecule has 0 aliphatic carbocycles. The molecule has 1 aliphatic rings. The van der Waals surface area contributed by atoms with Crippen molar-refractivity contribution in [2.75, 3.05) is 18.5 Å². The number of hydrogen-bond acceptors (Lipinski definition) is 6. The van der Waals surface area contributed by atoms with Gasteiger partial charge >= 0.3 is 0 Å². The summed E-state index contributed by atoms with van der Waals surface area (Å²) in [6.45, 7) is 2.60. The van der Waals surface area contributed by atoms with Crippen molar-refractivity contribution in [3.05, 3.63) is 53.9 Å². The molecule has 4 rings (SSSR count). The van der Waals surface area contributed by atoms with Crippen molar-refractivity contribution in [2.24, 2.45) is 0 Å². The Labute approximate surface area is 174 Å². The zero-order valence-electron chi connectivity index (χ0n) is 14.9. The van der Waals surface area contributed by atoms with Crippen LogP contribution < -0.4 is 15.4 Å². The van der Waals surface area contributed by atoms with Gasteiger partial charge in [-0.25, -0.2) is 9.67 Å².